The number of nitrogens with one attached hydrogen (secondary N) is 1. The molecule has 0 amide bonds. The van der Waals surface area contributed by atoms with Gasteiger partial charge >= 0.3 is 0 Å². The number of hydrogen-bond donors (Lipinski definition) is 1. The molecule has 1 fully saturated rings. The Morgan fingerprint density at radius 1 is 1.25 bits per heavy atom. The Kier molecular flexibility index (Phi) is 7.01. The van der Waals surface area contributed by atoms with Crippen molar-refractivity contribution < 1.29 is 4.74 Å². The van der Waals surface area contributed by atoms with Crippen LogP contribution in [0.5, 0.6) is 0 Å². The van der Waals surface area contributed by atoms with Crippen LogP contribution in [-0.2, 0) is 4.74 Å². The number of hydrogen-bond acceptors (Lipinski definition) is 3. The van der Waals surface area contributed by atoms with Crippen LogP contribution in [-0.4, -0.2) is 51.3 Å². The lowest BCUT2D eigenvalue weighted by Gasteiger charge is -2.30. The molecule has 0 spiro atoms. The number of methoxy groups -OCH3 is 1. The summed E-state index contributed by atoms with van der Waals surface area (Å²) in [4.78, 5) is 2.52. The standard InChI is InChI=1S/C13H28N2O/c1-14-12(11-16-3)10-15(2)13-8-6-4-5-7-9-13/h12-14H,4-11H2,1-3H3. The zero-order chi connectivity index (χ0) is 11.8. The maximum atomic E-state index is 5.22. The van der Waals surface area contributed by atoms with Crippen LogP contribution in [0.25, 0.3) is 0 Å². The first-order chi connectivity index (χ1) is 7.77. The van der Waals surface area contributed by atoms with E-state index in [9.17, 15) is 0 Å². The summed E-state index contributed by atoms with van der Waals surface area (Å²) in [6.45, 7) is 1.89. The molecule has 0 bridgehead atoms. The molecule has 0 aliphatic heterocycles. The largest absolute Gasteiger partial charge is 0.383 e. The van der Waals surface area contributed by atoms with Crippen molar-refractivity contribution in [1.29, 1.82) is 0 Å². The molecule has 1 N–H and O–H groups in total. The van der Waals surface area contributed by atoms with Crippen molar-refractivity contribution in [3.63, 3.8) is 0 Å². The summed E-state index contributed by atoms with van der Waals surface area (Å²) in [6.07, 6.45) is 8.42. The van der Waals surface area contributed by atoms with Crippen molar-refractivity contribution in [3.05, 3.63) is 0 Å². The van der Waals surface area contributed by atoms with Crippen LogP contribution < -0.4 is 5.32 Å². The molecular weight excluding hydrogens is 200 g/mol. The second-order valence-corrected chi connectivity index (χ2v) is 5.03. The molecule has 0 aromatic carbocycles. The monoisotopic (exact) mass is 228 g/mol. The zero-order valence-corrected chi connectivity index (χ0v) is 11.2. The Hall–Kier alpha value is -0.120. The molecule has 1 atom stereocenters. The van der Waals surface area contributed by atoms with Gasteiger partial charge in [-0.2, -0.15) is 0 Å². The van der Waals surface area contributed by atoms with Crippen molar-refractivity contribution in [2.24, 2.45) is 0 Å². The quantitative estimate of drug-likeness (QED) is 0.703. The van der Waals surface area contributed by atoms with E-state index in [0.717, 1.165) is 19.2 Å². The lowest BCUT2D eigenvalue weighted by atomic mass is 10.1. The molecule has 1 aliphatic carbocycles. The van der Waals surface area contributed by atoms with Crippen molar-refractivity contribution in [2.45, 2.75) is 50.6 Å². The van der Waals surface area contributed by atoms with E-state index in [0.29, 0.717) is 6.04 Å². The van der Waals surface area contributed by atoms with E-state index in [1.54, 1.807) is 7.11 Å². The molecule has 3 nitrogen and oxygen atoms in total. The van der Waals surface area contributed by atoms with Crippen LogP contribution in [0.15, 0.2) is 0 Å². The second kappa shape index (κ2) is 8.04. The minimum atomic E-state index is 0.457. The van der Waals surface area contributed by atoms with E-state index in [1.807, 2.05) is 7.05 Å². The van der Waals surface area contributed by atoms with Crippen molar-refractivity contribution in [1.82, 2.24) is 10.2 Å². The Morgan fingerprint density at radius 2 is 1.88 bits per heavy atom. The van der Waals surface area contributed by atoms with Crippen LogP contribution in [0.1, 0.15) is 38.5 Å². The van der Waals surface area contributed by atoms with E-state index in [-0.39, 0.29) is 0 Å². The molecule has 3 heteroatoms. The molecule has 0 aromatic rings. The lowest BCUT2D eigenvalue weighted by molar-refractivity contribution is 0.130. The Morgan fingerprint density at radius 3 is 2.38 bits per heavy atom. The Balaban J connectivity index is 2.33. The van der Waals surface area contributed by atoms with Gasteiger partial charge in [0.15, 0.2) is 0 Å². The summed E-state index contributed by atoms with van der Waals surface area (Å²) in [7, 11) is 6.05. The average Bonchev–Trinajstić information content (AvgIpc) is 2.56. The number of ether oxygens (including phenoxy) is 1. The van der Waals surface area contributed by atoms with Crippen molar-refractivity contribution in [3.8, 4) is 0 Å². The van der Waals surface area contributed by atoms with Gasteiger partial charge in [0.25, 0.3) is 0 Å². The van der Waals surface area contributed by atoms with Crippen LogP contribution in [0.2, 0.25) is 0 Å². The third-order valence-electron chi connectivity index (χ3n) is 3.73. The lowest BCUT2D eigenvalue weighted by Crippen LogP contribution is -2.44. The van der Waals surface area contributed by atoms with Gasteiger partial charge in [0.2, 0.25) is 0 Å². The van der Waals surface area contributed by atoms with Gasteiger partial charge in [-0.15, -0.1) is 0 Å². The molecule has 0 aromatic heterocycles. The molecule has 0 radical (unpaired) electrons. The van der Waals surface area contributed by atoms with Gasteiger partial charge in [0.1, 0.15) is 0 Å². The van der Waals surface area contributed by atoms with Gasteiger partial charge in [-0.3, -0.25) is 0 Å². The van der Waals surface area contributed by atoms with Gasteiger partial charge in [0, 0.05) is 25.7 Å². The minimum Gasteiger partial charge on any atom is -0.383 e. The summed E-state index contributed by atoms with van der Waals surface area (Å²) in [5.41, 5.74) is 0. The zero-order valence-electron chi connectivity index (χ0n) is 11.2. The Bertz CT molecular complexity index is 167. The normalized spacial score (nSPS) is 21.0. The van der Waals surface area contributed by atoms with Crippen molar-refractivity contribution in [2.75, 3.05) is 34.4 Å². The van der Waals surface area contributed by atoms with Crippen LogP contribution >= 0.6 is 0 Å². The molecule has 0 saturated heterocycles. The molecule has 1 saturated carbocycles. The fraction of sp³-hybridized carbons (Fsp3) is 1.00. The van der Waals surface area contributed by atoms with Gasteiger partial charge < -0.3 is 15.0 Å². The first kappa shape index (κ1) is 13.9. The van der Waals surface area contributed by atoms with E-state index < -0.39 is 0 Å². The van der Waals surface area contributed by atoms with E-state index in [4.69, 9.17) is 4.74 Å². The van der Waals surface area contributed by atoms with Gasteiger partial charge in [-0.05, 0) is 26.9 Å². The summed E-state index contributed by atoms with van der Waals surface area (Å²) in [5.74, 6) is 0. The second-order valence-electron chi connectivity index (χ2n) is 5.03. The summed E-state index contributed by atoms with van der Waals surface area (Å²) in [5, 5.41) is 3.32. The van der Waals surface area contributed by atoms with Gasteiger partial charge in [-0.1, -0.05) is 25.7 Å². The van der Waals surface area contributed by atoms with E-state index in [2.05, 4.69) is 17.3 Å². The smallest absolute Gasteiger partial charge is 0.0628 e. The molecule has 16 heavy (non-hydrogen) atoms. The minimum absolute atomic E-state index is 0.457. The van der Waals surface area contributed by atoms with Gasteiger partial charge in [0.05, 0.1) is 6.61 Å². The van der Waals surface area contributed by atoms with E-state index in [1.165, 1.54) is 38.5 Å². The number of likely N-dealkylation sites (N-methyl/N-ethyl adjacent to an activating group) is 2. The van der Waals surface area contributed by atoms with Gasteiger partial charge in [-0.25, -0.2) is 0 Å². The fourth-order valence-electron chi connectivity index (χ4n) is 2.62. The highest BCUT2D eigenvalue weighted by Crippen LogP contribution is 2.21. The SMILES string of the molecule is CNC(COC)CN(C)C1CCCCCC1. The van der Waals surface area contributed by atoms with E-state index >= 15 is 0 Å². The molecule has 0 heterocycles. The number of rotatable bonds is 6. The average molecular weight is 228 g/mol. The maximum absolute atomic E-state index is 5.22. The molecule has 1 rings (SSSR count). The third-order valence-corrected chi connectivity index (χ3v) is 3.73. The summed E-state index contributed by atoms with van der Waals surface area (Å²) < 4.78 is 5.22. The maximum Gasteiger partial charge on any atom is 0.0628 e. The highest BCUT2D eigenvalue weighted by molar-refractivity contribution is 4.76. The first-order valence-corrected chi connectivity index (χ1v) is 6.64. The van der Waals surface area contributed by atoms with Crippen LogP contribution in [0.4, 0.5) is 0 Å². The first-order valence-electron chi connectivity index (χ1n) is 6.64. The molecule has 96 valence electrons. The molecule has 1 aliphatic rings. The molecule has 1 unspecified atom stereocenters. The Labute approximate surface area is 101 Å². The predicted molar refractivity (Wildman–Crippen MR) is 68.8 cm³/mol. The summed E-state index contributed by atoms with van der Waals surface area (Å²) in [6, 6.07) is 1.24. The molecular formula is C13H28N2O. The predicted octanol–water partition coefficient (Wildman–Crippen LogP) is 1.88. The fourth-order valence-corrected chi connectivity index (χ4v) is 2.62. The summed E-state index contributed by atoms with van der Waals surface area (Å²) >= 11 is 0. The van der Waals surface area contributed by atoms with Crippen LogP contribution in [0.3, 0.4) is 0 Å². The highest BCUT2D eigenvalue weighted by Gasteiger charge is 2.19. The third kappa shape index (κ3) is 4.81. The highest BCUT2D eigenvalue weighted by atomic mass is 16.5. The topological polar surface area (TPSA) is 24.5 Å². The van der Waals surface area contributed by atoms with Crippen molar-refractivity contribution >= 4 is 0 Å². The van der Waals surface area contributed by atoms with Crippen LogP contribution in [0, 0.1) is 0 Å². The number of nitrogens with zero attached hydrogens (tertiary/aromatic N) is 1.